The van der Waals surface area contributed by atoms with Crippen molar-refractivity contribution in [3.63, 3.8) is 0 Å². The van der Waals surface area contributed by atoms with Crippen LogP contribution in [0, 0.1) is 5.92 Å². The van der Waals surface area contributed by atoms with Crippen LogP contribution in [0.2, 0.25) is 0 Å². The third-order valence-electron chi connectivity index (χ3n) is 4.29. The average molecular weight is 262 g/mol. The van der Waals surface area contributed by atoms with Crippen molar-refractivity contribution in [3.05, 3.63) is 18.0 Å². The van der Waals surface area contributed by atoms with Crippen LogP contribution in [-0.2, 0) is 13.1 Å². The zero-order valence-corrected chi connectivity index (χ0v) is 12.0. The maximum atomic E-state index is 4.36. The molecule has 19 heavy (non-hydrogen) atoms. The van der Waals surface area contributed by atoms with Crippen LogP contribution in [0.5, 0.6) is 0 Å². The lowest BCUT2D eigenvalue weighted by atomic mass is 9.97. The van der Waals surface area contributed by atoms with Crippen LogP contribution in [-0.4, -0.2) is 40.4 Å². The van der Waals surface area contributed by atoms with Crippen molar-refractivity contribution < 1.29 is 0 Å². The third-order valence-corrected chi connectivity index (χ3v) is 4.29. The molecule has 1 saturated carbocycles. The summed E-state index contributed by atoms with van der Waals surface area (Å²) in [5, 5.41) is 8.05. The molecule has 1 aliphatic carbocycles. The fourth-order valence-electron chi connectivity index (χ4n) is 3.00. The highest BCUT2D eigenvalue weighted by Gasteiger charge is 2.24. The molecule has 0 spiro atoms. The van der Waals surface area contributed by atoms with Crippen LogP contribution < -0.4 is 5.32 Å². The van der Waals surface area contributed by atoms with E-state index in [-0.39, 0.29) is 0 Å². The zero-order chi connectivity index (χ0) is 13.1. The van der Waals surface area contributed by atoms with E-state index in [9.17, 15) is 0 Å². The molecular formula is C15H26N4. The Morgan fingerprint density at radius 1 is 1.37 bits per heavy atom. The molecule has 4 nitrogen and oxygen atoms in total. The second-order valence-electron chi connectivity index (χ2n) is 6.13. The number of aromatic nitrogens is 2. The van der Waals surface area contributed by atoms with E-state index in [0.29, 0.717) is 0 Å². The van der Waals surface area contributed by atoms with Gasteiger partial charge in [0, 0.05) is 37.4 Å². The van der Waals surface area contributed by atoms with Crippen LogP contribution >= 0.6 is 0 Å². The molecule has 0 radical (unpaired) electrons. The summed E-state index contributed by atoms with van der Waals surface area (Å²) >= 11 is 0. The number of nitrogens with one attached hydrogen (secondary N) is 1. The summed E-state index contributed by atoms with van der Waals surface area (Å²) in [5.41, 5.74) is 1.36. The monoisotopic (exact) mass is 262 g/mol. The van der Waals surface area contributed by atoms with E-state index in [1.807, 2.05) is 10.9 Å². The first kappa shape index (κ1) is 13.1. The van der Waals surface area contributed by atoms with Gasteiger partial charge in [0.1, 0.15) is 0 Å². The number of nitrogens with zero attached hydrogens (tertiary/aromatic N) is 3. The first-order chi connectivity index (χ1) is 9.33. The minimum atomic E-state index is 0.843. The van der Waals surface area contributed by atoms with Crippen LogP contribution in [0.25, 0.3) is 0 Å². The third kappa shape index (κ3) is 3.80. The van der Waals surface area contributed by atoms with Gasteiger partial charge in [-0.05, 0) is 51.6 Å². The number of rotatable bonds is 6. The second kappa shape index (κ2) is 6.06. The summed E-state index contributed by atoms with van der Waals surface area (Å²) in [4.78, 5) is 2.60. The Hall–Kier alpha value is -0.870. The molecule has 1 atom stereocenters. The lowest BCUT2D eigenvalue weighted by Crippen LogP contribution is -2.39. The van der Waals surface area contributed by atoms with Gasteiger partial charge in [-0.15, -0.1) is 0 Å². The summed E-state index contributed by atoms with van der Waals surface area (Å²) in [6.45, 7) is 7.88. The van der Waals surface area contributed by atoms with Gasteiger partial charge in [0.15, 0.2) is 0 Å². The van der Waals surface area contributed by atoms with Gasteiger partial charge >= 0.3 is 0 Å². The summed E-state index contributed by atoms with van der Waals surface area (Å²) < 4.78 is 2.02. The van der Waals surface area contributed by atoms with Gasteiger partial charge in [-0.3, -0.25) is 9.58 Å². The Balaban J connectivity index is 1.46. The normalized spacial score (nSPS) is 24.8. The molecule has 1 saturated heterocycles. The van der Waals surface area contributed by atoms with Gasteiger partial charge in [0.2, 0.25) is 0 Å². The predicted molar refractivity (Wildman–Crippen MR) is 76.9 cm³/mol. The quantitative estimate of drug-likeness (QED) is 0.849. The van der Waals surface area contributed by atoms with Gasteiger partial charge in [-0.1, -0.05) is 0 Å². The minimum absolute atomic E-state index is 0.843. The fraction of sp³-hybridized carbons (Fsp3) is 0.800. The van der Waals surface area contributed by atoms with E-state index in [1.165, 1.54) is 50.9 Å². The van der Waals surface area contributed by atoms with Gasteiger partial charge in [0.05, 0.1) is 6.20 Å². The summed E-state index contributed by atoms with van der Waals surface area (Å²) in [7, 11) is 0. The summed E-state index contributed by atoms with van der Waals surface area (Å²) in [6, 6.07) is 0.846. The van der Waals surface area contributed by atoms with E-state index in [1.54, 1.807) is 0 Å². The zero-order valence-electron chi connectivity index (χ0n) is 12.0. The number of likely N-dealkylation sites (tertiary alicyclic amines) is 1. The number of aryl methyl sites for hydroxylation is 1. The SMILES string of the molecule is CCn1cc(CN2CCCC(CNC3CC3)C2)cn1. The lowest BCUT2D eigenvalue weighted by Gasteiger charge is -2.32. The molecule has 2 aliphatic rings. The minimum Gasteiger partial charge on any atom is -0.314 e. The molecule has 0 aromatic carbocycles. The fourth-order valence-corrected chi connectivity index (χ4v) is 3.00. The van der Waals surface area contributed by atoms with Crippen molar-refractivity contribution in [2.45, 2.75) is 51.7 Å². The van der Waals surface area contributed by atoms with Crippen molar-refractivity contribution >= 4 is 0 Å². The Labute approximate surface area is 116 Å². The Morgan fingerprint density at radius 3 is 3.00 bits per heavy atom. The first-order valence-electron chi connectivity index (χ1n) is 7.80. The molecule has 106 valence electrons. The summed E-state index contributed by atoms with van der Waals surface area (Å²) in [6.07, 6.45) is 9.74. The highest BCUT2D eigenvalue weighted by molar-refractivity contribution is 5.04. The molecule has 2 heterocycles. The smallest absolute Gasteiger partial charge is 0.0534 e. The van der Waals surface area contributed by atoms with Gasteiger partial charge < -0.3 is 5.32 Å². The predicted octanol–water partition coefficient (Wildman–Crippen LogP) is 1.87. The van der Waals surface area contributed by atoms with Gasteiger partial charge in [-0.25, -0.2) is 0 Å². The van der Waals surface area contributed by atoms with Crippen molar-refractivity contribution in [2.75, 3.05) is 19.6 Å². The number of piperidine rings is 1. The Kier molecular flexibility index (Phi) is 4.18. The van der Waals surface area contributed by atoms with Gasteiger partial charge in [0.25, 0.3) is 0 Å². The number of hydrogen-bond donors (Lipinski definition) is 1. The maximum Gasteiger partial charge on any atom is 0.0534 e. The van der Waals surface area contributed by atoms with E-state index < -0.39 is 0 Å². The van der Waals surface area contributed by atoms with Crippen molar-refractivity contribution in [1.29, 1.82) is 0 Å². The van der Waals surface area contributed by atoms with E-state index >= 15 is 0 Å². The van der Waals surface area contributed by atoms with Crippen LogP contribution in [0.15, 0.2) is 12.4 Å². The van der Waals surface area contributed by atoms with E-state index in [4.69, 9.17) is 0 Å². The standard InChI is InChI=1S/C15H26N4/c1-2-19-12-14(9-17-19)11-18-7-3-4-13(10-18)8-16-15-5-6-15/h9,12-13,15-16H,2-8,10-11H2,1H3. The second-order valence-corrected chi connectivity index (χ2v) is 6.13. The molecule has 2 fully saturated rings. The van der Waals surface area contributed by atoms with Crippen LogP contribution in [0.4, 0.5) is 0 Å². The lowest BCUT2D eigenvalue weighted by molar-refractivity contribution is 0.165. The topological polar surface area (TPSA) is 33.1 Å². The molecule has 1 unspecified atom stereocenters. The van der Waals surface area contributed by atoms with E-state index in [0.717, 1.165) is 25.0 Å². The Bertz CT molecular complexity index is 397. The van der Waals surface area contributed by atoms with Crippen molar-refractivity contribution in [1.82, 2.24) is 20.0 Å². The number of hydrogen-bond acceptors (Lipinski definition) is 3. The van der Waals surface area contributed by atoms with E-state index in [2.05, 4.69) is 28.4 Å². The average Bonchev–Trinajstić information content (AvgIpc) is 3.16. The summed E-state index contributed by atoms with van der Waals surface area (Å²) in [5.74, 6) is 0.843. The van der Waals surface area contributed by atoms with Crippen LogP contribution in [0.1, 0.15) is 38.2 Å². The van der Waals surface area contributed by atoms with Crippen molar-refractivity contribution in [3.8, 4) is 0 Å². The molecule has 4 heteroatoms. The largest absolute Gasteiger partial charge is 0.314 e. The first-order valence-corrected chi connectivity index (χ1v) is 7.80. The molecule has 1 aromatic heterocycles. The molecule has 1 aromatic rings. The Morgan fingerprint density at radius 2 is 2.26 bits per heavy atom. The molecule has 0 amide bonds. The van der Waals surface area contributed by atoms with Crippen molar-refractivity contribution in [2.24, 2.45) is 5.92 Å². The van der Waals surface area contributed by atoms with Gasteiger partial charge in [-0.2, -0.15) is 5.10 Å². The van der Waals surface area contributed by atoms with Crippen LogP contribution in [0.3, 0.4) is 0 Å². The highest BCUT2D eigenvalue weighted by Crippen LogP contribution is 2.22. The molecule has 1 aliphatic heterocycles. The molecular weight excluding hydrogens is 236 g/mol. The highest BCUT2D eigenvalue weighted by atomic mass is 15.3. The maximum absolute atomic E-state index is 4.36. The molecule has 0 bridgehead atoms. The molecule has 3 rings (SSSR count). The molecule has 1 N–H and O–H groups in total.